The summed E-state index contributed by atoms with van der Waals surface area (Å²) >= 11 is 1.58. The second kappa shape index (κ2) is 21.4. The van der Waals surface area contributed by atoms with Gasteiger partial charge in [-0.25, -0.2) is 9.59 Å². The predicted octanol–water partition coefficient (Wildman–Crippen LogP) is 7.35. The zero-order valence-corrected chi connectivity index (χ0v) is 34.1. The molecule has 0 saturated carbocycles. The number of amides is 3. The number of rotatable bonds is 20. The molecule has 0 fully saturated rings. The Morgan fingerprint density at radius 1 is 0.831 bits per heavy atom. The number of nitrogens with zero attached hydrogens (tertiary/aromatic N) is 1. The van der Waals surface area contributed by atoms with Crippen LogP contribution in [0.4, 0.5) is 4.79 Å². The van der Waals surface area contributed by atoms with Gasteiger partial charge >= 0.3 is 12.1 Å². The van der Waals surface area contributed by atoms with E-state index in [1.807, 2.05) is 91.0 Å². The molecule has 2 aliphatic rings. The van der Waals surface area contributed by atoms with Crippen molar-refractivity contribution >= 4 is 35.6 Å². The van der Waals surface area contributed by atoms with Crippen LogP contribution in [-0.4, -0.2) is 77.6 Å². The average molecular weight is 816 g/mol. The summed E-state index contributed by atoms with van der Waals surface area (Å²) in [6.07, 6.45) is 3.93. The summed E-state index contributed by atoms with van der Waals surface area (Å²) in [6.45, 7) is 7.72. The number of aliphatic hydroxyl groups is 1. The van der Waals surface area contributed by atoms with Gasteiger partial charge in [0.1, 0.15) is 19.3 Å². The van der Waals surface area contributed by atoms with Gasteiger partial charge in [0.15, 0.2) is 0 Å². The van der Waals surface area contributed by atoms with Crippen molar-refractivity contribution in [1.82, 2.24) is 15.5 Å². The van der Waals surface area contributed by atoms with Crippen LogP contribution in [0.3, 0.4) is 0 Å². The lowest BCUT2D eigenvalue weighted by molar-refractivity contribution is -0.147. The normalized spacial score (nSPS) is 15.7. The van der Waals surface area contributed by atoms with Gasteiger partial charge in [-0.15, -0.1) is 13.2 Å². The molecule has 1 aliphatic heterocycles. The van der Waals surface area contributed by atoms with E-state index in [1.54, 1.807) is 28.8 Å². The van der Waals surface area contributed by atoms with Crippen LogP contribution in [0.1, 0.15) is 59.4 Å². The van der Waals surface area contributed by atoms with Crippen molar-refractivity contribution in [2.24, 2.45) is 5.92 Å². The molecule has 3 N–H and O–H groups in total. The number of benzene rings is 4. The van der Waals surface area contributed by atoms with Crippen molar-refractivity contribution in [3.05, 3.63) is 156 Å². The first-order valence-electron chi connectivity index (χ1n) is 20.2. The maximum Gasteiger partial charge on any atom is 0.407 e. The summed E-state index contributed by atoms with van der Waals surface area (Å²) in [7, 11) is 0. The molecule has 4 aromatic carbocycles. The first-order chi connectivity index (χ1) is 28.8. The molecule has 4 aromatic rings. The highest BCUT2D eigenvalue weighted by Gasteiger charge is 2.33. The summed E-state index contributed by atoms with van der Waals surface area (Å²) < 4.78 is 11.6. The van der Waals surface area contributed by atoms with Gasteiger partial charge in [-0.3, -0.25) is 9.59 Å². The van der Waals surface area contributed by atoms with E-state index in [-0.39, 0.29) is 62.9 Å². The standard InChI is InChI=1S/C48H53N3O7S/c1-3-5-24-44(50-48(56)58-30-43-41-22-13-11-20-39(41)40-21-12-14-23-42(40)43)47(55)57-29-37(32-59-31-33-16-7-6-8-17-33)49-46(54)35(15-4-2)26-45(53)51-27-36-19-10-9-18-34(36)25-38(51)28-52/h3-4,6-14,16-23,35,37-38,43-44,52H,1-2,5,15,24-32H2,(H,49,54)(H,50,56)/t35-,37-,38+,44+/m1/s1. The fourth-order valence-corrected chi connectivity index (χ4v) is 8.81. The van der Waals surface area contributed by atoms with E-state index in [0.717, 1.165) is 38.9 Å². The van der Waals surface area contributed by atoms with E-state index in [1.165, 1.54) is 0 Å². The molecule has 4 atom stereocenters. The number of esters is 1. The zero-order chi connectivity index (χ0) is 41.6. The molecular weight excluding hydrogens is 763 g/mol. The number of nitrogens with one attached hydrogen (secondary N) is 2. The van der Waals surface area contributed by atoms with Crippen LogP contribution < -0.4 is 10.6 Å². The zero-order valence-electron chi connectivity index (χ0n) is 33.3. The second-order valence-electron chi connectivity index (χ2n) is 15.0. The SMILES string of the molecule is C=CCC[C@H](NC(=O)OCC1c2ccccc2-c2ccccc21)C(=O)OC[C@H](CSCc1ccccc1)NC(=O)[C@H](CC=C)CC(=O)N1Cc2ccccc2C[C@H]1CO. The number of allylic oxidation sites excluding steroid dienone is 2. The van der Waals surface area contributed by atoms with Gasteiger partial charge in [-0.1, -0.05) is 115 Å². The Hall–Kier alpha value is -5.65. The van der Waals surface area contributed by atoms with Crippen LogP contribution in [0.2, 0.25) is 0 Å². The number of fused-ring (bicyclic) bond motifs is 4. The lowest BCUT2D eigenvalue weighted by atomic mass is 9.92. The molecule has 59 heavy (non-hydrogen) atoms. The van der Waals surface area contributed by atoms with Crippen LogP contribution in [0.15, 0.2) is 128 Å². The summed E-state index contributed by atoms with van der Waals surface area (Å²) in [6, 6.07) is 31.9. The van der Waals surface area contributed by atoms with Crippen LogP contribution in [0.25, 0.3) is 11.1 Å². The molecule has 11 heteroatoms. The van der Waals surface area contributed by atoms with E-state index in [4.69, 9.17) is 9.47 Å². The molecule has 1 heterocycles. The minimum absolute atomic E-state index is 0.0755. The van der Waals surface area contributed by atoms with Crippen LogP contribution in [0, 0.1) is 5.92 Å². The van der Waals surface area contributed by atoms with Crippen molar-refractivity contribution in [3.63, 3.8) is 0 Å². The van der Waals surface area contributed by atoms with E-state index in [9.17, 15) is 24.3 Å². The number of hydrogen-bond acceptors (Lipinski definition) is 8. The molecule has 10 nitrogen and oxygen atoms in total. The van der Waals surface area contributed by atoms with E-state index >= 15 is 0 Å². The first kappa shape index (κ1) is 42.9. The number of alkyl carbamates (subject to hydrolysis) is 1. The third-order valence-electron chi connectivity index (χ3n) is 10.9. The highest BCUT2D eigenvalue weighted by atomic mass is 32.2. The van der Waals surface area contributed by atoms with Crippen LogP contribution in [-0.2, 0) is 42.6 Å². The minimum Gasteiger partial charge on any atom is -0.462 e. The molecule has 0 aromatic heterocycles. The Bertz CT molecular complexity index is 2050. The van der Waals surface area contributed by atoms with E-state index < -0.39 is 30.1 Å². The minimum atomic E-state index is -1.02. The Kier molecular flexibility index (Phi) is 15.6. The summed E-state index contributed by atoms with van der Waals surface area (Å²) in [5.41, 5.74) is 7.60. The highest BCUT2D eigenvalue weighted by Crippen LogP contribution is 2.44. The third-order valence-corrected chi connectivity index (χ3v) is 12.1. The molecular formula is C48H53N3O7S. The van der Waals surface area contributed by atoms with E-state index in [0.29, 0.717) is 30.9 Å². The number of carbonyl (C=O) groups is 4. The fraction of sp³-hybridized carbons (Fsp3) is 0.333. The van der Waals surface area contributed by atoms with Gasteiger partial charge in [0, 0.05) is 30.4 Å². The number of ether oxygens (including phenoxy) is 2. The maximum absolute atomic E-state index is 13.9. The Balaban J connectivity index is 1.09. The van der Waals surface area contributed by atoms with Crippen molar-refractivity contribution in [2.45, 2.75) is 68.4 Å². The number of thioether (sulfide) groups is 1. The Labute approximate surface area is 351 Å². The van der Waals surface area contributed by atoms with Crippen molar-refractivity contribution < 1.29 is 33.8 Å². The van der Waals surface area contributed by atoms with Crippen LogP contribution >= 0.6 is 11.8 Å². The number of hydrogen-bond donors (Lipinski definition) is 3. The quantitative estimate of drug-likeness (QED) is 0.0624. The average Bonchev–Trinajstić information content (AvgIpc) is 3.58. The highest BCUT2D eigenvalue weighted by molar-refractivity contribution is 7.98. The largest absolute Gasteiger partial charge is 0.462 e. The van der Waals surface area contributed by atoms with Gasteiger partial charge in [0.25, 0.3) is 0 Å². The van der Waals surface area contributed by atoms with Crippen molar-refractivity contribution in [2.75, 3.05) is 25.6 Å². The Morgan fingerprint density at radius 2 is 1.49 bits per heavy atom. The third kappa shape index (κ3) is 11.3. The molecule has 0 radical (unpaired) electrons. The number of carbonyl (C=O) groups excluding carboxylic acids is 4. The van der Waals surface area contributed by atoms with Crippen molar-refractivity contribution in [1.29, 1.82) is 0 Å². The van der Waals surface area contributed by atoms with Gasteiger partial charge in [-0.05, 0) is 64.6 Å². The molecule has 6 rings (SSSR count). The lowest BCUT2D eigenvalue weighted by Crippen LogP contribution is -2.49. The summed E-state index contributed by atoms with van der Waals surface area (Å²) in [4.78, 5) is 56.2. The Morgan fingerprint density at radius 3 is 2.17 bits per heavy atom. The second-order valence-corrected chi connectivity index (χ2v) is 16.0. The topological polar surface area (TPSA) is 134 Å². The molecule has 308 valence electrons. The number of aliphatic hydroxyl groups excluding tert-OH is 1. The van der Waals surface area contributed by atoms with Gasteiger partial charge in [0.2, 0.25) is 11.8 Å². The van der Waals surface area contributed by atoms with Crippen LogP contribution in [0.5, 0.6) is 0 Å². The first-order valence-corrected chi connectivity index (χ1v) is 21.3. The monoisotopic (exact) mass is 815 g/mol. The van der Waals surface area contributed by atoms with Gasteiger partial charge < -0.3 is 30.1 Å². The summed E-state index contributed by atoms with van der Waals surface area (Å²) in [5.74, 6) is -1.05. The molecule has 3 amide bonds. The molecule has 0 spiro atoms. The fourth-order valence-electron chi connectivity index (χ4n) is 7.80. The van der Waals surface area contributed by atoms with Gasteiger partial charge in [-0.2, -0.15) is 11.8 Å². The summed E-state index contributed by atoms with van der Waals surface area (Å²) in [5, 5.41) is 15.9. The van der Waals surface area contributed by atoms with Gasteiger partial charge in [0.05, 0.1) is 24.6 Å². The molecule has 1 aliphatic carbocycles. The molecule has 0 bridgehead atoms. The smallest absolute Gasteiger partial charge is 0.407 e. The maximum atomic E-state index is 13.9. The predicted molar refractivity (Wildman–Crippen MR) is 231 cm³/mol. The van der Waals surface area contributed by atoms with E-state index in [2.05, 4.69) is 35.9 Å². The van der Waals surface area contributed by atoms with Crippen molar-refractivity contribution in [3.8, 4) is 11.1 Å². The lowest BCUT2D eigenvalue weighted by Gasteiger charge is -2.36. The molecule has 0 saturated heterocycles. The molecule has 0 unspecified atom stereocenters.